The Balaban J connectivity index is 1.92. The molecule has 4 heteroatoms. The van der Waals surface area contributed by atoms with Crippen molar-refractivity contribution in [3.05, 3.63) is 0 Å². The van der Waals surface area contributed by atoms with Crippen LogP contribution in [0.2, 0.25) is 0 Å². The van der Waals surface area contributed by atoms with Gasteiger partial charge in [-0.15, -0.1) is 0 Å². The van der Waals surface area contributed by atoms with Crippen LogP contribution in [-0.4, -0.2) is 38.3 Å². The number of rotatable bonds is 2. The predicted octanol–water partition coefficient (Wildman–Crippen LogP) is -0.0442. The number of nitrogens with two attached hydrogens (primary N) is 1. The summed E-state index contributed by atoms with van der Waals surface area (Å²) in [7, 11) is 0. The van der Waals surface area contributed by atoms with Crippen LogP contribution in [0.15, 0.2) is 0 Å². The average Bonchev–Trinajstić information content (AvgIpc) is 2.65. The van der Waals surface area contributed by atoms with Gasteiger partial charge in [0.25, 0.3) is 0 Å². The van der Waals surface area contributed by atoms with Crippen molar-refractivity contribution in [2.24, 2.45) is 17.6 Å². The van der Waals surface area contributed by atoms with Crippen LogP contribution in [0.5, 0.6) is 0 Å². The highest BCUT2D eigenvalue weighted by Gasteiger charge is 2.35. The van der Waals surface area contributed by atoms with E-state index in [2.05, 4.69) is 0 Å². The summed E-state index contributed by atoms with van der Waals surface area (Å²) < 4.78 is 10.5. The number of hydrogen-bond donors (Lipinski definition) is 1. The van der Waals surface area contributed by atoms with Crippen LogP contribution in [0.4, 0.5) is 0 Å². The van der Waals surface area contributed by atoms with Crippen LogP contribution in [-0.2, 0) is 14.3 Å². The van der Waals surface area contributed by atoms with E-state index in [1.54, 1.807) is 0 Å². The van der Waals surface area contributed by atoms with Gasteiger partial charge >= 0.3 is 0 Å². The molecule has 0 aromatic heterocycles. The lowest BCUT2D eigenvalue weighted by Gasteiger charge is -2.24. The fraction of sp³-hybridized carbons (Fsp3) is 0.900. The maximum absolute atomic E-state index is 12.0. The maximum atomic E-state index is 12.0. The first-order valence-corrected chi connectivity index (χ1v) is 5.24. The molecular weight excluding hydrogens is 182 g/mol. The molecule has 2 N–H and O–H groups in total. The largest absolute Gasteiger partial charge is 0.381 e. The van der Waals surface area contributed by atoms with E-state index in [0.717, 1.165) is 19.4 Å². The average molecular weight is 199 g/mol. The summed E-state index contributed by atoms with van der Waals surface area (Å²) in [5.74, 6) is 0.206. The number of Topliss-reactive ketones (excluding diaryl/α,β-unsaturated/α-hetero) is 1. The Morgan fingerprint density at radius 2 is 2.07 bits per heavy atom. The lowest BCUT2D eigenvalue weighted by Crippen LogP contribution is -2.39. The number of carbonyl (C=O) groups is 1. The Morgan fingerprint density at radius 1 is 1.21 bits per heavy atom. The van der Waals surface area contributed by atoms with Crippen molar-refractivity contribution in [3.8, 4) is 0 Å². The van der Waals surface area contributed by atoms with Gasteiger partial charge in [-0.1, -0.05) is 0 Å². The van der Waals surface area contributed by atoms with E-state index in [-0.39, 0.29) is 23.7 Å². The maximum Gasteiger partial charge on any atom is 0.145 e. The van der Waals surface area contributed by atoms with Gasteiger partial charge in [-0.2, -0.15) is 0 Å². The highest BCUT2D eigenvalue weighted by Crippen LogP contribution is 2.22. The molecule has 3 atom stereocenters. The third kappa shape index (κ3) is 1.97. The highest BCUT2D eigenvalue weighted by molar-refractivity contribution is 5.84. The topological polar surface area (TPSA) is 61.5 Å². The van der Waals surface area contributed by atoms with Gasteiger partial charge in [0.1, 0.15) is 5.78 Å². The number of ether oxygens (including phenoxy) is 2. The molecule has 14 heavy (non-hydrogen) atoms. The molecule has 0 radical (unpaired) electrons. The summed E-state index contributed by atoms with van der Waals surface area (Å²) in [4.78, 5) is 12.0. The fourth-order valence-corrected chi connectivity index (χ4v) is 2.13. The van der Waals surface area contributed by atoms with Gasteiger partial charge in [0.2, 0.25) is 0 Å². The summed E-state index contributed by atoms with van der Waals surface area (Å²) in [5, 5.41) is 0. The second-order valence-electron chi connectivity index (χ2n) is 4.12. The lowest BCUT2D eigenvalue weighted by molar-refractivity contribution is -0.131. The number of ketones is 1. The molecule has 80 valence electrons. The van der Waals surface area contributed by atoms with Crippen molar-refractivity contribution < 1.29 is 14.3 Å². The minimum Gasteiger partial charge on any atom is -0.381 e. The molecule has 2 fully saturated rings. The first-order chi connectivity index (χ1) is 6.79. The molecule has 2 aliphatic rings. The van der Waals surface area contributed by atoms with Crippen LogP contribution in [0.25, 0.3) is 0 Å². The van der Waals surface area contributed by atoms with Gasteiger partial charge < -0.3 is 15.2 Å². The van der Waals surface area contributed by atoms with Crippen LogP contribution in [0, 0.1) is 11.8 Å². The van der Waals surface area contributed by atoms with Crippen molar-refractivity contribution in [2.75, 3.05) is 26.4 Å². The summed E-state index contributed by atoms with van der Waals surface area (Å²) in [6.45, 7) is 2.37. The fourth-order valence-electron chi connectivity index (χ4n) is 2.13. The Bertz CT molecular complexity index is 213. The molecule has 2 heterocycles. The van der Waals surface area contributed by atoms with Crippen LogP contribution in [0.3, 0.4) is 0 Å². The van der Waals surface area contributed by atoms with Gasteiger partial charge in [-0.05, 0) is 12.8 Å². The number of carbonyl (C=O) groups excluding carboxylic acids is 1. The molecular formula is C10H17NO3. The van der Waals surface area contributed by atoms with E-state index in [4.69, 9.17) is 15.2 Å². The summed E-state index contributed by atoms with van der Waals surface area (Å²) >= 11 is 0. The highest BCUT2D eigenvalue weighted by atomic mass is 16.5. The zero-order valence-electron chi connectivity index (χ0n) is 8.28. The van der Waals surface area contributed by atoms with E-state index in [0.29, 0.717) is 19.8 Å². The van der Waals surface area contributed by atoms with Crippen molar-refractivity contribution in [2.45, 2.75) is 18.9 Å². The predicted molar refractivity (Wildman–Crippen MR) is 50.8 cm³/mol. The smallest absolute Gasteiger partial charge is 0.145 e. The third-order valence-corrected chi connectivity index (χ3v) is 3.05. The monoisotopic (exact) mass is 199 g/mol. The zero-order chi connectivity index (χ0) is 9.97. The Hall–Kier alpha value is -0.450. The normalized spacial score (nSPS) is 38.5. The Morgan fingerprint density at radius 3 is 2.64 bits per heavy atom. The van der Waals surface area contributed by atoms with Gasteiger partial charge in [-0.3, -0.25) is 4.79 Å². The van der Waals surface area contributed by atoms with E-state index < -0.39 is 0 Å². The Kier molecular flexibility index (Phi) is 3.15. The van der Waals surface area contributed by atoms with E-state index in [1.165, 1.54) is 0 Å². The molecule has 2 saturated heterocycles. The van der Waals surface area contributed by atoms with Crippen molar-refractivity contribution in [1.82, 2.24) is 0 Å². The van der Waals surface area contributed by atoms with Gasteiger partial charge in [0.05, 0.1) is 25.7 Å². The van der Waals surface area contributed by atoms with E-state index >= 15 is 0 Å². The molecule has 4 nitrogen and oxygen atoms in total. The minimum atomic E-state index is -0.107. The van der Waals surface area contributed by atoms with Gasteiger partial charge in [-0.25, -0.2) is 0 Å². The molecule has 0 amide bonds. The van der Waals surface area contributed by atoms with Crippen molar-refractivity contribution in [3.63, 3.8) is 0 Å². The summed E-state index contributed by atoms with van der Waals surface area (Å²) in [5.41, 5.74) is 5.80. The van der Waals surface area contributed by atoms with Crippen LogP contribution < -0.4 is 5.73 Å². The quantitative estimate of drug-likeness (QED) is 0.677. The molecule has 3 unspecified atom stereocenters. The van der Waals surface area contributed by atoms with Crippen LogP contribution >= 0.6 is 0 Å². The summed E-state index contributed by atoms with van der Waals surface area (Å²) in [6, 6.07) is -0.107. The van der Waals surface area contributed by atoms with E-state index in [9.17, 15) is 4.79 Å². The zero-order valence-corrected chi connectivity index (χ0v) is 8.28. The molecule has 0 bridgehead atoms. The minimum absolute atomic E-state index is 0.0569. The first-order valence-electron chi connectivity index (χ1n) is 5.24. The lowest BCUT2D eigenvalue weighted by atomic mass is 9.87. The third-order valence-electron chi connectivity index (χ3n) is 3.05. The van der Waals surface area contributed by atoms with Crippen molar-refractivity contribution >= 4 is 5.78 Å². The Labute approximate surface area is 83.7 Å². The standard InChI is InChI=1S/C10H17NO3/c11-9-6-14-5-8(9)10(12)7-2-1-3-13-4-7/h7-9H,1-6,11H2. The molecule has 0 saturated carbocycles. The van der Waals surface area contributed by atoms with Gasteiger partial charge in [0.15, 0.2) is 0 Å². The first kappa shape index (κ1) is 10.1. The molecule has 2 aliphatic heterocycles. The second-order valence-corrected chi connectivity index (χ2v) is 4.12. The van der Waals surface area contributed by atoms with Crippen molar-refractivity contribution in [1.29, 1.82) is 0 Å². The molecule has 0 aromatic rings. The number of hydrogen-bond acceptors (Lipinski definition) is 4. The summed E-state index contributed by atoms with van der Waals surface area (Å²) in [6.07, 6.45) is 1.93. The van der Waals surface area contributed by atoms with E-state index in [1.807, 2.05) is 0 Å². The van der Waals surface area contributed by atoms with Crippen LogP contribution in [0.1, 0.15) is 12.8 Å². The molecule has 0 aromatic carbocycles. The van der Waals surface area contributed by atoms with Gasteiger partial charge in [0, 0.05) is 18.6 Å². The molecule has 2 rings (SSSR count). The SMILES string of the molecule is NC1COCC1C(=O)C1CCCOC1. The molecule has 0 aliphatic carbocycles. The molecule has 0 spiro atoms. The second kappa shape index (κ2) is 4.38.